The van der Waals surface area contributed by atoms with E-state index in [2.05, 4.69) is 10.0 Å². The second kappa shape index (κ2) is 8.72. The van der Waals surface area contributed by atoms with Crippen LogP contribution in [0.15, 0.2) is 29.2 Å². The van der Waals surface area contributed by atoms with Gasteiger partial charge >= 0.3 is 0 Å². The van der Waals surface area contributed by atoms with Gasteiger partial charge in [0.15, 0.2) is 6.61 Å². The fraction of sp³-hybridized carbons (Fsp3) is 0.500. The zero-order chi connectivity index (χ0) is 16.6. The Morgan fingerprint density at radius 3 is 2.41 bits per heavy atom. The normalized spacial score (nSPS) is 11.5. The van der Waals surface area contributed by atoms with Gasteiger partial charge in [0, 0.05) is 19.7 Å². The lowest BCUT2D eigenvalue weighted by Crippen LogP contribution is -2.31. The molecule has 0 atom stereocenters. The van der Waals surface area contributed by atoms with E-state index >= 15 is 0 Å². The third kappa shape index (κ3) is 6.42. The SMILES string of the molecule is COCCNC(=O)COc1ccc(S(=O)(=O)NC(C)C)cc1. The largest absolute Gasteiger partial charge is 0.484 e. The van der Waals surface area contributed by atoms with Crippen LogP contribution in [0.4, 0.5) is 0 Å². The van der Waals surface area contributed by atoms with Crippen molar-refractivity contribution >= 4 is 15.9 Å². The number of methoxy groups -OCH3 is 1. The highest BCUT2D eigenvalue weighted by atomic mass is 32.2. The molecule has 0 aromatic heterocycles. The number of rotatable bonds is 9. The molecule has 0 saturated heterocycles. The van der Waals surface area contributed by atoms with Crippen molar-refractivity contribution in [1.29, 1.82) is 0 Å². The minimum atomic E-state index is -3.52. The van der Waals surface area contributed by atoms with Crippen molar-refractivity contribution in [3.8, 4) is 5.75 Å². The highest BCUT2D eigenvalue weighted by molar-refractivity contribution is 7.89. The number of nitrogens with one attached hydrogen (secondary N) is 2. The molecule has 0 saturated carbocycles. The number of hydrogen-bond acceptors (Lipinski definition) is 5. The molecule has 0 aliphatic rings. The number of hydrogen-bond donors (Lipinski definition) is 2. The van der Waals surface area contributed by atoms with Gasteiger partial charge in [-0.2, -0.15) is 0 Å². The summed E-state index contributed by atoms with van der Waals surface area (Å²) in [6, 6.07) is 5.71. The van der Waals surface area contributed by atoms with E-state index in [0.717, 1.165) is 0 Å². The van der Waals surface area contributed by atoms with Gasteiger partial charge in [-0.25, -0.2) is 13.1 Å². The molecule has 0 heterocycles. The highest BCUT2D eigenvalue weighted by Crippen LogP contribution is 2.16. The van der Waals surface area contributed by atoms with Gasteiger partial charge in [-0.3, -0.25) is 4.79 Å². The lowest BCUT2D eigenvalue weighted by molar-refractivity contribution is -0.123. The molecule has 0 fully saturated rings. The molecule has 1 rings (SSSR count). The van der Waals surface area contributed by atoms with Crippen molar-refractivity contribution < 1.29 is 22.7 Å². The topological polar surface area (TPSA) is 93.7 Å². The maximum atomic E-state index is 11.9. The Balaban J connectivity index is 2.53. The van der Waals surface area contributed by atoms with E-state index in [1.165, 1.54) is 24.3 Å². The van der Waals surface area contributed by atoms with Crippen LogP contribution in [0.1, 0.15) is 13.8 Å². The predicted octanol–water partition coefficient (Wildman–Crippen LogP) is 0.515. The minimum Gasteiger partial charge on any atom is -0.484 e. The van der Waals surface area contributed by atoms with E-state index in [1.807, 2.05) is 0 Å². The number of benzene rings is 1. The molecule has 1 aromatic carbocycles. The Kier molecular flexibility index (Phi) is 7.30. The molecule has 8 heteroatoms. The molecule has 2 N–H and O–H groups in total. The van der Waals surface area contributed by atoms with Crippen molar-refractivity contribution in [3.05, 3.63) is 24.3 Å². The summed E-state index contributed by atoms with van der Waals surface area (Å²) in [6.45, 7) is 4.20. The first-order chi connectivity index (χ1) is 10.3. The quantitative estimate of drug-likeness (QED) is 0.644. The second-order valence-corrected chi connectivity index (χ2v) is 6.59. The van der Waals surface area contributed by atoms with Crippen LogP contribution < -0.4 is 14.8 Å². The molecule has 1 aromatic rings. The molecule has 0 radical (unpaired) electrons. The molecule has 1 amide bonds. The van der Waals surface area contributed by atoms with Crippen LogP contribution in [0.25, 0.3) is 0 Å². The number of amides is 1. The zero-order valence-electron chi connectivity index (χ0n) is 13.0. The number of carbonyl (C=O) groups excluding carboxylic acids is 1. The van der Waals surface area contributed by atoms with Gasteiger partial charge < -0.3 is 14.8 Å². The van der Waals surface area contributed by atoms with Crippen LogP contribution in [0.5, 0.6) is 5.75 Å². The molecule has 124 valence electrons. The van der Waals surface area contributed by atoms with E-state index in [4.69, 9.17) is 9.47 Å². The molecule has 0 spiro atoms. The molecule has 0 unspecified atom stereocenters. The summed E-state index contributed by atoms with van der Waals surface area (Å²) in [5, 5.41) is 2.62. The van der Waals surface area contributed by atoms with Gasteiger partial charge in [-0.05, 0) is 38.1 Å². The zero-order valence-corrected chi connectivity index (χ0v) is 13.8. The summed E-state index contributed by atoms with van der Waals surface area (Å²) in [5.41, 5.74) is 0. The first-order valence-electron chi connectivity index (χ1n) is 6.86. The van der Waals surface area contributed by atoms with Gasteiger partial charge in [-0.15, -0.1) is 0 Å². The average Bonchev–Trinajstić information content (AvgIpc) is 2.44. The molecule has 0 aliphatic heterocycles. The lowest BCUT2D eigenvalue weighted by atomic mass is 10.3. The van der Waals surface area contributed by atoms with Gasteiger partial charge in [0.1, 0.15) is 5.75 Å². The highest BCUT2D eigenvalue weighted by Gasteiger charge is 2.15. The molecular formula is C14H22N2O5S. The molecule has 22 heavy (non-hydrogen) atoms. The second-order valence-electron chi connectivity index (χ2n) is 4.88. The Morgan fingerprint density at radius 2 is 1.86 bits per heavy atom. The summed E-state index contributed by atoms with van der Waals surface area (Å²) in [6.07, 6.45) is 0. The fourth-order valence-corrected chi connectivity index (χ4v) is 2.84. The van der Waals surface area contributed by atoms with E-state index in [-0.39, 0.29) is 23.5 Å². The van der Waals surface area contributed by atoms with E-state index in [0.29, 0.717) is 18.9 Å². The van der Waals surface area contributed by atoms with Crippen molar-refractivity contribution in [2.75, 3.05) is 26.9 Å². The van der Waals surface area contributed by atoms with E-state index in [1.54, 1.807) is 21.0 Å². The van der Waals surface area contributed by atoms with Gasteiger partial charge in [0.05, 0.1) is 11.5 Å². The first kappa shape index (κ1) is 18.4. The van der Waals surface area contributed by atoms with E-state index < -0.39 is 10.0 Å². The number of carbonyl (C=O) groups is 1. The van der Waals surface area contributed by atoms with E-state index in [9.17, 15) is 13.2 Å². The third-order valence-electron chi connectivity index (χ3n) is 2.52. The van der Waals surface area contributed by atoms with Crippen LogP contribution in [-0.2, 0) is 19.6 Å². The summed E-state index contributed by atoms with van der Waals surface area (Å²) in [7, 11) is -1.97. The summed E-state index contributed by atoms with van der Waals surface area (Å²) in [5.74, 6) is 0.153. The number of sulfonamides is 1. The van der Waals surface area contributed by atoms with Crippen LogP contribution in [0.2, 0.25) is 0 Å². The van der Waals surface area contributed by atoms with Gasteiger partial charge in [-0.1, -0.05) is 0 Å². The minimum absolute atomic E-state index is 0.139. The summed E-state index contributed by atoms with van der Waals surface area (Å²) in [4.78, 5) is 11.6. The molecular weight excluding hydrogens is 308 g/mol. The summed E-state index contributed by atoms with van der Waals surface area (Å²) >= 11 is 0. The Bertz CT molecular complexity index is 569. The van der Waals surface area contributed by atoms with Crippen LogP contribution in [-0.4, -0.2) is 47.2 Å². The maximum absolute atomic E-state index is 11.9. The smallest absolute Gasteiger partial charge is 0.258 e. The molecule has 7 nitrogen and oxygen atoms in total. The predicted molar refractivity (Wildman–Crippen MR) is 82.3 cm³/mol. The van der Waals surface area contributed by atoms with Crippen LogP contribution in [0, 0.1) is 0 Å². The number of ether oxygens (including phenoxy) is 2. The lowest BCUT2D eigenvalue weighted by Gasteiger charge is -2.10. The first-order valence-corrected chi connectivity index (χ1v) is 8.34. The van der Waals surface area contributed by atoms with Crippen LogP contribution >= 0.6 is 0 Å². The van der Waals surface area contributed by atoms with Crippen LogP contribution in [0.3, 0.4) is 0 Å². The summed E-state index contributed by atoms with van der Waals surface area (Å²) < 4.78 is 36.5. The third-order valence-corrected chi connectivity index (χ3v) is 4.20. The van der Waals surface area contributed by atoms with Crippen molar-refractivity contribution in [1.82, 2.24) is 10.0 Å². The monoisotopic (exact) mass is 330 g/mol. The Labute approximate surface area is 131 Å². The average molecular weight is 330 g/mol. The van der Waals surface area contributed by atoms with Gasteiger partial charge in [0.2, 0.25) is 10.0 Å². The van der Waals surface area contributed by atoms with Crippen molar-refractivity contribution in [3.63, 3.8) is 0 Å². The standard InChI is InChI=1S/C14H22N2O5S/c1-11(2)16-22(18,19)13-6-4-12(5-7-13)21-10-14(17)15-8-9-20-3/h4-7,11,16H,8-10H2,1-3H3,(H,15,17). The Morgan fingerprint density at radius 1 is 1.23 bits per heavy atom. The van der Waals surface area contributed by atoms with Crippen molar-refractivity contribution in [2.24, 2.45) is 0 Å². The maximum Gasteiger partial charge on any atom is 0.258 e. The molecule has 0 bridgehead atoms. The van der Waals surface area contributed by atoms with Gasteiger partial charge in [0.25, 0.3) is 5.91 Å². The Hall–Kier alpha value is -1.64. The fourth-order valence-electron chi connectivity index (χ4n) is 1.59. The molecule has 0 aliphatic carbocycles. The van der Waals surface area contributed by atoms with Crippen molar-refractivity contribution in [2.45, 2.75) is 24.8 Å².